The number of hydrogen-bond donors (Lipinski definition) is 1. The van der Waals surface area contributed by atoms with Crippen LogP contribution in [-0.2, 0) is 14.6 Å². The van der Waals surface area contributed by atoms with E-state index in [9.17, 15) is 13.2 Å². The Morgan fingerprint density at radius 1 is 1.30 bits per heavy atom. The van der Waals surface area contributed by atoms with Crippen molar-refractivity contribution in [1.29, 1.82) is 0 Å². The molecular formula is C12H11BrN2O3S2. The normalized spacial score (nSPS) is 11.2. The van der Waals surface area contributed by atoms with Gasteiger partial charge in [-0.3, -0.25) is 4.79 Å². The number of rotatable bonds is 5. The van der Waals surface area contributed by atoms with Crippen molar-refractivity contribution in [2.75, 3.05) is 11.1 Å². The molecule has 0 spiro atoms. The zero-order valence-electron chi connectivity index (χ0n) is 10.2. The molecule has 20 heavy (non-hydrogen) atoms. The summed E-state index contributed by atoms with van der Waals surface area (Å²) in [5.41, 5.74) is 0. The molecule has 1 aromatic carbocycles. The van der Waals surface area contributed by atoms with Gasteiger partial charge in [0.25, 0.3) is 0 Å². The molecule has 1 amide bonds. The molecule has 1 aromatic heterocycles. The number of amides is 1. The van der Waals surface area contributed by atoms with E-state index in [2.05, 4.69) is 26.2 Å². The Hall–Kier alpha value is -1.25. The Bertz CT molecular complexity index is 682. The summed E-state index contributed by atoms with van der Waals surface area (Å²) in [6, 6.07) is 6.33. The molecule has 0 aliphatic carbocycles. The van der Waals surface area contributed by atoms with Crippen LogP contribution in [0.5, 0.6) is 0 Å². The maximum Gasteiger partial charge on any atom is 0.227 e. The first-order chi connectivity index (χ1) is 9.47. The number of benzene rings is 1. The van der Waals surface area contributed by atoms with E-state index in [1.54, 1.807) is 23.7 Å². The third-order valence-electron chi connectivity index (χ3n) is 2.45. The summed E-state index contributed by atoms with van der Waals surface area (Å²) in [5, 5.41) is 4.75. The Labute approximate surface area is 129 Å². The van der Waals surface area contributed by atoms with Crippen molar-refractivity contribution < 1.29 is 13.2 Å². The monoisotopic (exact) mass is 374 g/mol. The molecule has 2 aromatic rings. The van der Waals surface area contributed by atoms with Crippen molar-refractivity contribution in [3.8, 4) is 0 Å². The number of carbonyl (C=O) groups excluding carboxylic acids is 1. The smallest absolute Gasteiger partial charge is 0.227 e. The second kappa shape index (κ2) is 6.47. The Balaban J connectivity index is 1.95. The zero-order chi connectivity index (χ0) is 14.6. The predicted molar refractivity (Wildman–Crippen MR) is 81.6 cm³/mol. The molecule has 0 atom stereocenters. The number of nitrogens with zero attached hydrogens (tertiary/aromatic N) is 1. The standard InChI is InChI=1S/C12H11BrN2O3S2/c13-9-1-3-10(4-2-9)20(17,18)8-5-11(16)15-12-14-6-7-19-12/h1-4,6-7H,5,8H2,(H,14,15,16). The van der Waals surface area contributed by atoms with Gasteiger partial charge in [-0.2, -0.15) is 0 Å². The number of sulfone groups is 1. The van der Waals surface area contributed by atoms with E-state index in [0.29, 0.717) is 5.13 Å². The summed E-state index contributed by atoms with van der Waals surface area (Å²) >= 11 is 4.53. The fourth-order valence-corrected chi connectivity index (χ4v) is 3.50. The lowest BCUT2D eigenvalue weighted by Crippen LogP contribution is -2.17. The minimum atomic E-state index is -3.45. The van der Waals surface area contributed by atoms with Gasteiger partial charge in [-0.25, -0.2) is 13.4 Å². The number of hydrogen-bond acceptors (Lipinski definition) is 5. The first-order valence-electron chi connectivity index (χ1n) is 5.65. The Morgan fingerprint density at radius 3 is 2.60 bits per heavy atom. The first kappa shape index (κ1) is 15.1. The molecule has 0 saturated carbocycles. The maximum absolute atomic E-state index is 12.0. The van der Waals surface area contributed by atoms with Crippen LogP contribution in [0.1, 0.15) is 6.42 Å². The number of anilines is 1. The van der Waals surface area contributed by atoms with Crippen LogP contribution < -0.4 is 5.32 Å². The highest BCUT2D eigenvalue weighted by Crippen LogP contribution is 2.17. The lowest BCUT2D eigenvalue weighted by molar-refractivity contribution is -0.115. The Kier molecular flexibility index (Phi) is 4.90. The van der Waals surface area contributed by atoms with Crippen LogP contribution in [0.4, 0.5) is 5.13 Å². The summed E-state index contributed by atoms with van der Waals surface area (Å²) in [6.45, 7) is 0. The third-order valence-corrected chi connectivity index (χ3v) is 5.40. The SMILES string of the molecule is O=C(CCS(=O)(=O)c1ccc(Br)cc1)Nc1nccs1. The van der Waals surface area contributed by atoms with Crippen molar-refractivity contribution in [3.63, 3.8) is 0 Å². The van der Waals surface area contributed by atoms with Gasteiger partial charge in [-0.1, -0.05) is 15.9 Å². The second-order valence-electron chi connectivity index (χ2n) is 3.91. The molecular weight excluding hydrogens is 364 g/mol. The van der Waals surface area contributed by atoms with E-state index >= 15 is 0 Å². The summed E-state index contributed by atoms with van der Waals surface area (Å²) in [4.78, 5) is 15.7. The number of thiazole rings is 1. The van der Waals surface area contributed by atoms with Gasteiger partial charge in [0, 0.05) is 22.5 Å². The van der Waals surface area contributed by atoms with Gasteiger partial charge in [-0.15, -0.1) is 11.3 Å². The molecule has 2 rings (SSSR count). The fraction of sp³-hybridized carbons (Fsp3) is 0.167. The molecule has 1 heterocycles. The van der Waals surface area contributed by atoms with Gasteiger partial charge < -0.3 is 5.32 Å². The summed E-state index contributed by atoms with van der Waals surface area (Å²) in [6.07, 6.45) is 1.47. The second-order valence-corrected chi connectivity index (χ2v) is 7.83. The van der Waals surface area contributed by atoms with Crippen molar-refractivity contribution >= 4 is 48.1 Å². The van der Waals surface area contributed by atoms with Crippen LogP contribution in [0.15, 0.2) is 45.2 Å². The lowest BCUT2D eigenvalue weighted by atomic mass is 10.4. The maximum atomic E-state index is 12.0. The average molecular weight is 375 g/mol. The van der Waals surface area contributed by atoms with E-state index in [1.165, 1.54) is 23.5 Å². The minimum absolute atomic E-state index is 0.0992. The predicted octanol–water partition coefficient (Wildman–Crippen LogP) is 2.71. The quantitative estimate of drug-likeness (QED) is 0.872. The highest BCUT2D eigenvalue weighted by atomic mass is 79.9. The topological polar surface area (TPSA) is 76.1 Å². The molecule has 5 nitrogen and oxygen atoms in total. The summed E-state index contributed by atoms with van der Waals surface area (Å²) in [7, 11) is -3.45. The van der Waals surface area contributed by atoms with E-state index < -0.39 is 9.84 Å². The number of carbonyl (C=O) groups is 1. The zero-order valence-corrected chi connectivity index (χ0v) is 13.5. The molecule has 0 bridgehead atoms. The average Bonchev–Trinajstić information content (AvgIpc) is 2.90. The molecule has 0 radical (unpaired) electrons. The molecule has 0 saturated heterocycles. The fourth-order valence-electron chi connectivity index (χ4n) is 1.45. The lowest BCUT2D eigenvalue weighted by Gasteiger charge is -2.04. The van der Waals surface area contributed by atoms with Crippen LogP contribution in [0, 0.1) is 0 Å². The molecule has 1 N–H and O–H groups in total. The van der Waals surface area contributed by atoms with E-state index in [0.717, 1.165) is 4.47 Å². The van der Waals surface area contributed by atoms with Crippen LogP contribution in [0.2, 0.25) is 0 Å². The third kappa shape index (κ3) is 4.12. The summed E-state index contributed by atoms with van der Waals surface area (Å²) < 4.78 is 24.9. The number of nitrogens with one attached hydrogen (secondary N) is 1. The van der Waals surface area contributed by atoms with Gasteiger partial charge in [0.05, 0.1) is 10.6 Å². The molecule has 0 aliphatic rings. The van der Waals surface area contributed by atoms with Gasteiger partial charge >= 0.3 is 0 Å². The highest BCUT2D eigenvalue weighted by molar-refractivity contribution is 9.10. The van der Waals surface area contributed by atoms with E-state index in [4.69, 9.17) is 0 Å². The number of aromatic nitrogens is 1. The van der Waals surface area contributed by atoms with Gasteiger partial charge in [0.2, 0.25) is 5.91 Å². The van der Waals surface area contributed by atoms with Crippen molar-refractivity contribution in [2.45, 2.75) is 11.3 Å². The molecule has 0 aliphatic heterocycles. The summed E-state index contributed by atoms with van der Waals surface area (Å²) in [5.74, 6) is -0.591. The Morgan fingerprint density at radius 2 is 2.00 bits per heavy atom. The van der Waals surface area contributed by atoms with Crippen LogP contribution in [-0.4, -0.2) is 25.1 Å². The number of halogens is 1. The van der Waals surface area contributed by atoms with Crippen molar-refractivity contribution in [3.05, 3.63) is 40.3 Å². The van der Waals surface area contributed by atoms with Gasteiger partial charge in [0.1, 0.15) is 0 Å². The van der Waals surface area contributed by atoms with Gasteiger partial charge in [-0.05, 0) is 24.3 Å². The van der Waals surface area contributed by atoms with Crippen LogP contribution in [0.3, 0.4) is 0 Å². The van der Waals surface area contributed by atoms with E-state index in [1.807, 2.05) is 0 Å². The minimum Gasteiger partial charge on any atom is -0.302 e. The highest BCUT2D eigenvalue weighted by Gasteiger charge is 2.16. The molecule has 106 valence electrons. The van der Waals surface area contributed by atoms with E-state index in [-0.39, 0.29) is 23.0 Å². The van der Waals surface area contributed by atoms with Gasteiger partial charge in [0.15, 0.2) is 15.0 Å². The largest absolute Gasteiger partial charge is 0.302 e. The van der Waals surface area contributed by atoms with Crippen LogP contribution >= 0.6 is 27.3 Å². The molecule has 8 heteroatoms. The molecule has 0 fully saturated rings. The van der Waals surface area contributed by atoms with Crippen LogP contribution in [0.25, 0.3) is 0 Å². The first-order valence-corrected chi connectivity index (χ1v) is 8.97. The van der Waals surface area contributed by atoms with Crippen molar-refractivity contribution in [1.82, 2.24) is 4.98 Å². The molecule has 0 unspecified atom stereocenters. The van der Waals surface area contributed by atoms with Crippen molar-refractivity contribution in [2.24, 2.45) is 0 Å².